The summed E-state index contributed by atoms with van der Waals surface area (Å²) in [6.07, 6.45) is -0.121. The minimum Gasteiger partial charge on any atom is -0.481 e. The van der Waals surface area contributed by atoms with E-state index in [2.05, 4.69) is 25.7 Å². The number of aromatic nitrogens is 1. The van der Waals surface area contributed by atoms with Crippen LogP contribution in [0.15, 0.2) is 71.8 Å². The summed E-state index contributed by atoms with van der Waals surface area (Å²) in [5.74, 6) is -2.77. The Kier molecular flexibility index (Phi) is 10.3. The number of anilines is 3. The molecule has 0 saturated heterocycles. The van der Waals surface area contributed by atoms with Crippen molar-refractivity contribution in [3.05, 3.63) is 88.8 Å². The number of amides is 2. The van der Waals surface area contributed by atoms with Gasteiger partial charge < -0.3 is 26.2 Å². The van der Waals surface area contributed by atoms with Gasteiger partial charge in [0.05, 0.1) is 29.7 Å². The SMILES string of the molecule is COC(=O)Nc1ccc(S(=O)(=O)C(C)C)c([C@@H](CC(=O)O)NC(=O)[C@H](Nc2ccc3c(N)nccc3c2)c2cc(Cl)ccc2F)c1. The largest absolute Gasteiger partial charge is 0.481 e. The van der Waals surface area contributed by atoms with Crippen molar-refractivity contribution in [2.75, 3.05) is 23.5 Å². The highest BCUT2D eigenvalue weighted by Crippen LogP contribution is 2.33. The number of carbonyl (C=O) groups excluding carboxylic acids is 2. The highest BCUT2D eigenvalue weighted by Gasteiger charge is 2.32. The third kappa shape index (κ3) is 7.64. The van der Waals surface area contributed by atoms with E-state index in [1.165, 1.54) is 50.4 Å². The van der Waals surface area contributed by atoms with Crippen molar-refractivity contribution in [2.24, 2.45) is 0 Å². The number of carbonyl (C=O) groups is 3. The summed E-state index contributed by atoms with van der Waals surface area (Å²) >= 11 is 6.17. The molecule has 2 atom stereocenters. The molecule has 2 amide bonds. The molecule has 1 heterocycles. The molecule has 4 rings (SSSR count). The number of benzene rings is 3. The Morgan fingerprint density at radius 1 is 1.02 bits per heavy atom. The lowest BCUT2D eigenvalue weighted by Gasteiger charge is -2.26. The molecule has 0 radical (unpaired) electrons. The minimum absolute atomic E-state index is 0.0784. The van der Waals surface area contributed by atoms with Gasteiger partial charge in [-0.3, -0.25) is 14.9 Å². The summed E-state index contributed by atoms with van der Waals surface area (Å²) < 4.78 is 46.6. The fraction of sp³-hybridized carbons (Fsp3) is 0.226. The number of nitrogen functional groups attached to an aromatic ring is 1. The average Bonchev–Trinajstić information content (AvgIpc) is 3.00. The molecule has 6 N–H and O–H groups in total. The fourth-order valence-corrected chi connectivity index (χ4v) is 6.20. The molecular formula is C31H31ClFN5O7S. The monoisotopic (exact) mass is 671 g/mol. The number of fused-ring (bicyclic) bond motifs is 1. The Hall–Kier alpha value is -4.95. The molecule has 242 valence electrons. The number of aliphatic carboxylic acids is 1. The van der Waals surface area contributed by atoms with Gasteiger partial charge in [-0.2, -0.15) is 0 Å². The Balaban J connectivity index is 1.83. The Morgan fingerprint density at radius 3 is 2.41 bits per heavy atom. The van der Waals surface area contributed by atoms with E-state index in [4.69, 9.17) is 17.3 Å². The third-order valence-electron chi connectivity index (χ3n) is 7.08. The van der Waals surface area contributed by atoms with Gasteiger partial charge in [0, 0.05) is 33.5 Å². The smallest absolute Gasteiger partial charge is 0.411 e. The Bertz CT molecular complexity index is 1920. The number of hydrogen-bond acceptors (Lipinski definition) is 9. The molecule has 3 aromatic carbocycles. The van der Waals surface area contributed by atoms with Crippen LogP contribution in [0.4, 0.5) is 26.4 Å². The molecule has 0 bridgehead atoms. The molecular weight excluding hydrogens is 641 g/mol. The predicted molar refractivity (Wildman–Crippen MR) is 172 cm³/mol. The van der Waals surface area contributed by atoms with Crippen LogP contribution in [0.3, 0.4) is 0 Å². The van der Waals surface area contributed by atoms with Gasteiger partial charge in [-0.1, -0.05) is 11.6 Å². The predicted octanol–water partition coefficient (Wildman–Crippen LogP) is 5.46. The van der Waals surface area contributed by atoms with Crippen LogP contribution in [0.1, 0.15) is 43.5 Å². The van der Waals surface area contributed by atoms with E-state index < -0.39 is 57.4 Å². The van der Waals surface area contributed by atoms with Gasteiger partial charge >= 0.3 is 12.1 Å². The molecule has 0 aliphatic rings. The molecule has 0 fully saturated rings. The van der Waals surface area contributed by atoms with E-state index >= 15 is 4.39 Å². The maximum absolute atomic E-state index is 15.2. The molecule has 4 aromatic rings. The molecule has 15 heteroatoms. The number of halogens is 2. The van der Waals surface area contributed by atoms with Gasteiger partial charge in [0.1, 0.15) is 17.7 Å². The zero-order valence-electron chi connectivity index (χ0n) is 24.9. The molecule has 0 aliphatic carbocycles. The number of nitrogens with two attached hydrogens (primary N) is 1. The number of rotatable bonds is 11. The zero-order valence-corrected chi connectivity index (χ0v) is 26.4. The van der Waals surface area contributed by atoms with Crippen molar-refractivity contribution in [1.82, 2.24) is 10.3 Å². The standard InChI is InChI=1S/C31H31ClFN5O7S/c1-16(2)46(43,44)26-9-6-20(37-31(42)45-3)14-23(26)25(15-27(39)40)38-30(41)28(22-13-18(32)4-8-24(22)33)36-19-5-7-21-17(12-19)10-11-35-29(21)34/h4-14,16,25,28,36H,15H2,1-3H3,(H2,34,35)(H,37,42)(H,38,41)(H,39,40)/t25-,28-/m1/s1. The highest BCUT2D eigenvalue weighted by atomic mass is 35.5. The minimum atomic E-state index is -4.03. The van der Waals surface area contributed by atoms with E-state index in [1.807, 2.05) is 0 Å². The normalized spacial score (nSPS) is 12.7. The summed E-state index contributed by atoms with van der Waals surface area (Å²) in [6, 6.07) is 11.1. The molecule has 0 aliphatic heterocycles. The number of carboxylic acids is 1. The quantitative estimate of drug-likeness (QED) is 0.137. The summed E-state index contributed by atoms with van der Waals surface area (Å²) in [7, 11) is -2.90. The Labute approximate surface area is 269 Å². The van der Waals surface area contributed by atoms with Gasteiger partial charge in [-0.05, 0) is 85.5 Å². The number of pyridine rings is 1. The van der Waals surface area contributed by atoms with Crippen molar-refractivity contribution >= 4 is 67.4 Å². The van der Waals surface area contributed by atoms with Gasteiger partial charge in [-0.15, -0.1) is 0 Å². The van der Waals surface area contributed by atoms with Crippen molar-refractivity contribution in [3.63, 3.8) is 0 Å². The first-order chi connectivity index (χ1) is 21.7. The first-order valence-electron chi connectivity index (χ1n) is 13.8. The summed E-state index contributed by atoms with van der Waals surface area (Å²) in [5, 5.41) is 18.3. The van der Waals surface area contributed by atoms with Crippen LogP contribution < -0.4 is 21.7 Å². The lowest BCUT2D eigenvalue weighted by atomic mass is 10.00. The van der Waals surface area contributed by atoms with Gasteiger partial charge in [0.25, 0.3) is 0 Å². The molecule has 12 nitrogen and oxygen atoms in total. The highest BCUT2D eigenvalue weighted by molar-refractivity contribution is 7.92. The molecule has 0 spiro atoms. The number of hydrogen-bond donors (Lipinski definition) is 5. The van der Waals surface area contributed by atoms with E-state index in [0.717, 1.165) is 13.2 Å². The van der Waals surface area contributed by atoms with Crippen LogP contribution in [-0.2, 0) is 24.2 Å². The summed E-state index contributed by atoms with van der Waals surface area (Å²) in [5.41, 5.74) is 6.14. The second kappa shape index (κ2) is 14.0. The van der Waals surface area contributed by atoms with Crippen molar-refractivity contribution < 1.29 is 37.0 Å². The van der Waals surface area contributed by atoms with E-state index in [1.54, 1.807) is 24.3 Å². The van der Waals surface area contributed by atoms with Gasteiger partial charge in [-0.25, -0.2) is 22.6 Å². The number of nitrogens with zero attached hydrogens (tertiary/aromatic N) is 1. The van der Waals surface area contributed by atoms with Crippen LogP contribution in [0.5, 0.6) is 0 Å². The van der Waals surface area contributed by atoms with Crippen LogP contribution >= 0.6 is 11.6 Å². The first-order valence-corrected chi connectivity index (χ1v) is 15.7. The maximum atomic E-state index is 15.2. The van der Waals surface area contributed by atoms with Crippen LogP contribution in [0, 0.1) is 5.82 Å². The lowest BCUT2D eigenvalue weighted by Crippen LogP contribution is -2.38. The second-order valence-electron chi connectivity index (χ2n) is 10.5. The summed E-state index contributed by atoms with van der Waals surface area (Å²) in [4.78, 5) is 41.8. The topological polar surface area (TPSA) is 190 Å². The van der Waals surface area contributed by atoms with E-state index in [-0.39, 0.29) is 32.6 Å². The first kappa shape index (κ1) is 33.9. The lowest BCUT2D eigenvalue weighted by molar-refractivity contribution is -0.137. The fourth-order valence-electron chi connectivity index (χ4n) is 4.73. The van der Waals surface area contributed by atoms with Crippen LogP contribution in [0.2, 0.25) is 5.02 Å². The van der Waals surface area contributed by atoms with Crippen molar-refractivity contribution in [1.29, 1.82) is 0 Å². The molecule has 0 saturated carbocycles. The van der Waals surface area contributed by atoms with Crippen LogP contribution in [-0.4, -0.2) is 48.8 Å². The molecule has 0 unspecified atom stereocenters. The number of sulfone groups is 1. The van der Waals surface area contributed by atoms with Gasteiger partial charge in [0.2, 0.25) is 5.91 Å². The average molecular weight is 672 g/mol. The maximum Gasteiger partial charge on any atom is 0.411 e. The number of ether oxygens (including phenoxy) is 1. The number of carboxylic acid groups (broad SMARTS) is 1. The van der Waals surface area contributed by atoms with Crippen molar-refractivity contribution in [3.8, 4) is 0 Å². The summed E-state index contributed by atoms with van der Waals surface area (Å²) in [6.45, 7) is 2.89. The second-order valence-corrected chi connectivity index (χ2v) is 13.4. The number of nitrogens with one attached hydrogen (secondary N) is 3. The molecule has 1 aromatic heterocycles. The third-order valence-corrected chi connectivity index (χ3v) is 9.54. The zero-order chi connectivity index (χ0) is 33.8. The van der Waals surface area contributed by atoms with E-state index in [0.29, 0.717) is 16.5 Å². The number of methoxy groups -OCH3 is 1. The van der Waals surface area contributed by atoms with E-state index in [9.17, 15) is 27.9 Å². The van der Waals surface area contributed by atoms with Crippen molar-refractivity contribution in [2.45, 2.75) is 42.5 Å². The molecule has 46 heavy (non-hydrogen) atoms. The van der Waals surface area contributed by atoms with Crippen LogP contribution in [0.25, 0.3) is 10.8 Å². The van der Waals surface area contributed by atoms with Gasteiger partial charge in [0.15, 0.2) is 9.84 Å². The Morgan fingerprint density at radius 2 is 1.74 bits per heavy atom.